The predicted molar refractivity (Wildman–Crippen MR) is 130 cm³/mol. The van der Waals surface area contributed by atoms with E-state index in [4.69, 9.17) is 10.5 Å². The van der Waals surface area contributed by atoms with Gasteiger partial charge in [0.15, 0.2) is 0 Å². The van der Waals surface area contributed by atoms with Gasteiger partial charge in [0.2, 0.25) is 11.8 Å². The monoisotopic (exact) mass is 479 g/mol. The molecule has 7 nitrogen and oxygen atoms in total. The molecule has 3 aliphatic rings. The van der Waals surface area contributed by atoms with Crippen molar-refractivity contribution >= 4 is 28.2 Å². The molecule has 1 aliphatic carbocycles. The summed E-state index contributed by atoms with van der Waals surface area (Å²) in [5, 5.41) is 0.993. The van der Waals surface area contributed by atoms with Gasteiger partial charge < -0.3 is 15.4 Å². The molecule has 0 unspecified atom stereocenters. The minimum absolute atomic E-state index is 0.161. The number of likely N-dealkylation sites (N-methyl/N-ethyl adjacent to an activating group) is 1. The first-order valence-electron chi connectivity index (χ1n) is 12.0. The maximum absolute atomic E-state index is 13.1. The second-order valence-electron chi connectivity index (χ2n) is 9.94. The number of carbonyl (C=O) groups is 1. The fourth-order valence-electron chi connectivity index (χ4n) is 5.62. The topological polar surface area (TPSA) is 84.6 Å². The van der Waals surface area contributed by atoms with Crippen LogP contribution in [-0.4, -0.2) is 60.0 Å². The Morgan fingerprint density at radius 1 is 1.11 bits per heavy atom. The Morgan fingerprint density at radius 3 is 2.60 bits per heavy atom. The molecule has 3 aromatic rings. The van der Waals surface area contributed by atoms with Gasteiger partial charge in [0, 0.05) is 36.3 Å². The first-order valence-corrected chi connectivity index (χ1v) is 12.0. The predicted octanol–water partition coefficient (Wildman–Crippen LogP) is 4.00. The van der Waals surface area contributed by atoms with Crippen molar-refractivity contribution in [2.75, 3.05) is 43.9 Å². The highest BCUT2D eigenvalue weighted by Gasteiger charge is 2.54. The van der Waals surface area contributed by atoms with Gasteiger partial charge in [-0.2, -0.15) is 0 Å². The number of nitrogen functional groups attached to an aromatic ring is 1. The van der Waals surface area contributed by atoms with Crippen LogP contribution >= 0.6 is 0 Å². The van der Waals surface area contributed by atoms with E-state index in [1.165, 1.54) is 0 Å². The Balaban J connectivity index is 1.22. The van der Waals surface area contributed by atoms with E-state index < -0.39 is 11.3 Å². The third-order valence-electron chi connectivity index (χ3n) is 7.59. The van der Waals surface area contributed by atoms with E-state index in [-0.39, 0.29) is 19.0 Å². The number of hydrogen-bond donors (Lipinski definition) is 1. The molecule has 1 amide bonds. The summed E-state index contributed by atoms with van der Waals surface area (Å²) in [5.74, 6) is -2.05. The second-order valence-corrected chi connectivity index (χ2v) is 9.94. The number of aromatic nitrogens is 2. The van der Waals surface area contributed by atoms with Crippen molar-refractivity contribution in [3.63, 3.8) is 0 Å². The lowest BCUT2D eigenvalue weighted by atomic mass is 9.64. The fourth-order valence-corrected chi connectivity index (χ4v) is 5.62. The first-order chi connectivity index (χ1) is 16.8. The SMILES string of the molecule is CN1C(=O)C2(CCC2)c2c1cnc1ccc(-c3cnc(OCCCN4CC(F)(F)C4)c(N)c3)cc21. The lowest BCUT2D eigenvalue weighted by Gasteiger charge is -2.38. The molecule has 2 N–H and O–H groups in total. The molecule has 6 rings (SSSR count). The number of nitrogens with zero attached hydrogens (tertiary/aromatic N) is 4. The number of ether oxygens (including phenoxy) is 1. The number of anilines is 2. The van der Waals surface area contributed by atoms with Crippen molar-refractivity contribution in [3.8, 4) is 17.0 Å². The second kappa shape index (κ2) is 7.84. The summed E-state index contributed by atoms with van der Waals surface area (Å²) >= 11 is 0. The van der Waals surface area contributed by atoms with Crippen LogP contribution in [0.25, 0.3) is 22.0 Å². The number of halogens is 2. The quantitative estimate of drug-likeness (QED) is 0.538. The van der Waals surface area contributed by atoms with Gasteiger partial charge in [0.25, 0.3) is 5.92 Å². The van der Waals surface area contributed by atoms with E-state index >= 15 is 0 Å². The number of nitrogens with two attached hydrogens (primary N) is 1. The Morgan fingerprint density at radius 2 is 1.91 bits per heavy atom. The normalized spacial score (nSPS) is 20.1. The van der Waals surface area contributed by atoms with Crippen molar-refractivity contribution in [1.82, 2.24) is 14.9 Å². The Labute approximate surface area is 201 Å². The number of carbonyl (C=O) groups excluding carboxylic acids is 1. The molecule has 0 bridgehead atoms. The molecule has 2 aromatic heterocycles. The summed E-state index contributed by atoms with van der Waals surface area (Å²) < 4.78 is 31.5. The molecule has 1 spiro atoms. The van der Waals surface area contributed by atoms with Crippen LogP contribution in [0.2, 0.25) is 0 Å². The number of hydrogen-bond acceptors (Lipinski definition) is 6. The zero-order chi connectivity index (χ0) is 24.4. The summed E-state index contributed by atoms with van der Waals surface area (Å²) in [7, 11) is 1.83. The number of amides is 1. The van der Waals surface area contributed by atoms with Gasteiger partial charge in [-0.3, -0.25) is 14.7 Å². The van der Waals surface area contributed by atoms with E-state index in [0.717, 1.165) is 52.5 Å². The summed E-state index contributed by atoms with van der Waals surface area (Å²) in [6, 6.07) is 7.86. The van der Waals surface area contributed by atoms with Gasteiger partial charge in [-0.1, -0.05) is 12.5 Å². The number of rotatable bonds is 6. The van der Waals surface area contributed by atoms with Gasteiger partial charge in [-0.05, 0) is 43.0 Å². The zero-order valence-corrected chi connectivity index (χ0v) is 19.6. The van der Waals surface area contributed by atoms with Crippen molar-refractivity contribution < 1.29 is 18.3 Å². The van der Waals surface area contributed by atoms with Gasteiger partial charge in [0.05, 0.1) is 48.2 Å². The molecule has 9 heteroatoms. The van der Waals surface area contributed by atoms with Crippen LogP contribution in [0.1, 0.15) is 31.2 Å². The molecule has 1 saturated heterocycles. The van der Waals surface area contributed by atoms with Gasteiger partial charge in [-0.15, -0.1) is 0 Å². The number of pyridine rings is 2. The summed E-state index contributed by atoms with van der Waals surface area (Å²) in [6.07, 6.45) is 6.93. The van der Waals surface area contributed by atoms with E-state index in [0.29, 0.717) is 31.1 Å². The largest absolute Gasteiger partial charge is 0.476 e. The van der Waals surface area contributed by atoms with Crippen LogP contribution in [0.5, 0.6) is 5.88 Å². The summed E-state index contributed by atoms with van der Waals surface area (Å²) in [5.41, 5.74) is 10.8. The summed E-state index contributed by atoms with van der Waals surface area (Å²) in [4.78, 5) is 25.5. The molecule has 35 heavy (non-hydrogen) atoms. The van der Waals surface area contributed by atoms with Crippen molar-refractivity contribution in [3.05, 3.63) is 42.2 Å². The lowest BCUT2D eigenvalue weighted by molar-refractivity contribution is -0.130. The standard InChI is InChI=1S/C26H27F2N5O2/c1-32-21-13-30-20-5-4-16(10-18(20)22(21)25(24(32)34)6-2-7-25)17-11-19(29)23(31-12-17)35-9-3-8-33-14-26(27,28)15-33/h4-5,10-13H,2-3,6-9,14-15,29H2,1H3. The maximum Gasteiger partial charge on any atom is 0.272 e. The van der Waals surface area contributed by atoms with Gasteiger partial charge in [0.1, 0.15) is 0 Å². The molecule has 0 radical (unpaired) electrons. The number of benzene rings is 1. The molecule has 182 valence electrons. The van der Waals surface area contributed by atoms with Crippen LogP contribution < -0.4 is 15.4 Å². The number of likely N-dealkylation sites (tertiary alicyclic amines) is 1. The van der Waals surface area contributed by atoms with Crippen LogP contribution in [0, 0.1) is 0 Å². The molecular formula is C26H27F2N5O2. The van der Waals surface area contributed by atoms with Crippen LogP contribution in [0.4, 0.5) is 20.2 Å². The Kier molecular flexibility index (Phi) is 4.96. The van der Waals surface area contributed by atoms with Crippen LogP contribution in [0.3, 0.4) is 0 Å². The number of fused-ring (bicyclic) bond motifs is 4. The molecule has 2 aliphatic heterocycles. The highest BCUT2D eigenvalue weighted by Crippen LogP contribution is 2.55. The number of alkyl halides is 2. The average Bonchev–Trinajstić information content (AvgIpc) is 3.03. The van der Waals surface area contributed by atoms with Gasteiger partial charge in [-0.25, -0.2) is 13.8 Å². The van der Waals surface area contributed by atoms with E-state index in [1.54, 1.807) is 16.0 Å². The van der Waals surface area contributed by atoms with E-state index in [9.17, 15) is 13.6 Å². The molecule has 1 saturated carbocycles. The minimum Gasteiger partial charge on any atom is -0.476 e. The van der Waals surface area contributed by atoms with Crippen molar-refractivity contribution in [2.24, 2.45) is 0 Å². The fraction of sp³-hybridized carbons (Fsp3) is 0.423. The summed E-state index contributed by atoms with van der Waals surface area (Å²) in [6.45, 7) is 0.550. The smallest absolute Gasteiger partial charge is 0.272 e. The van der Waals surface area contributed by atoms with Crippen molar-refractivity contribution in [2.45, 2.75) is 37.0 Å². The minimum atomic E-state index is -2.55. The third kappa shape index (κ3) is 3.52. The first kappa shape index (κ1) is 22.2. The molecule has 4 heterocycles. The van der Waals surface area contributed by atoms with Crippen molar-refractivity contribution in [1.29, 1.82) is 0 Å². The molecule has 2 fully saturated rings. The highest BCUT2D eigenvalue weighted by atomic mass is 19.3. The Hall–Kier alpha value is -3.33. The Bertz CT molecular complexity index is 1330. The lowest BCUT2D eigenvalue weighted by Crippen LogP contribution is -2.56. The van der Waals surface area contributed by atoms with E-state index in [1.807, 2.05) is 31.4 Å². The average molecular weight is 480 g/mol. The highest BCUT2D eigenvalue weighted by molar-refractivity contribution is 6.13. The zero-order valence-electron chi connectivity index (χ0n) is 19.6. The van der Waals surface area contributed by atoms with Crippen LogP contribution in [0.15, 0.2) is 36.7 Å². The molecule has 1 aromatic carbocycles. The maximum atomic E-state index is 13.1. The van der Waals surface area contributed by atoms with Gasteiger partial charge >= 0.3 is 0 Å². The van der Waals surface area contributed by atoms with Crippen LogP contribution in [-0.2, 0) is 10.2 Å². The molecular weight excluding hydrogens is 452 g/mol. The third-order valence-corrected chi connectivity index (χ3v) is 7.59. The van der Waals surface area contributed by atoms with E-state index in [2.05, 4.69) is 16.0 Å². The molecule has 0 atom stereocenters.